The molecule has 2 heterocycles. The third kappa shape index (κ3) is 5.34. The monoisotopic (exact) mass is 386 g/mol. The van der Waals surface area contributed by atoms with Gasteiger partial charge in [-0.1, -0.05) is 12.1 Å². The van der Waals surface area contributed by atoms with Crippen LogP contribution in [0.3, 0.4) is 0 Å². The van der Waals surface area contributed by atoms with Crippen LogP contribution >= 0.6 is 11.3 Å². The molecule has 1 N–H and O–H groups in total. The van der Waals surface area contributed by atoms with Gasteiger partial charge in [-0.05, 0) is 42.1 Å². The summed E-state index contributed by atoms with van der Waals surface area (Å²) in [6.45, 7) is 3.88. The van der Waals surface area contributed by atoms with Crippen LogP contribution in [0.5, 0.6) is 11.5 Å². The highest BCUT2D eigenvalue weighted by molar-refractivity contribution is 7.09. The molecule has 0 saturated heterocycles. The zero-order valence-electron chi connectivity index (χ0n) is 15.1. The molecule has 1 aliphatic rings. The smallest absolute Gasteiger partial charge is 0.247 e. The van der Waals surface area contributed by atoms with Crippen molar-refractivity contribution in [3.05, 3.63) is 52.2 Å². The molecule has 3 rings (SSSR count). The van der Waals surface area contributed by atoms with Crippen LogP contribution in [-0.4, -0.2) is 43.0 Å². The van der Waals surface area contributed by atoms with Crippen LogP contribution in [0.4, 0.5) is 0 Å². The number of thiophene rings is 1. The third-order valence-electron chi connectivity index (χ3n) is 4.05. The summed E-state index contributed by atoms with van der Waals surface area (Å²) in [7, 11) is 0. The minimum absolute atomic E-state index is 0.0339. The molecule has 6 nitrogen and oxygen atoms in total. The van der Waals surface area contributed by atoms with Crippen molar-refractivity contribution < 1.29 is 19.1 Å². The first-order valence-corrected chi connectivity index (χ1v) is 9.69. The molecule has 1 aromatic heterocycles. The van der Waals surface area contributed by atoms with Gasteiger partial charge in [0.05, 0.1) is 13.1 Å². The number of amides is 2. The van der Waals surface area contributed by atoms with Crippen molar-refractivity contribution >= 4 is 29.2 Å². The molecule has 2 amide bonds. The van der Waals surface area contributed by atoms with Crippen LogP contribution in [0, 0.1) is 0 Å². The van der Waals surface area contributed by atoms with Crippen molar-refractivity contribution in [3.63, 3.8) is 0 Å². The summed E-state index contributed by atoms with van der Waals surface area (Å²) in [5.74, 6) is 1.00. The summed E-state index contributed by atoms with van der Waals surface area (Å²) in [5, 5.41) is 4.80. The Morgan fingerprint density at radius 3 is 2.78 bits per heavy atom. The van der Waals surface area contributed by atoms with Crippen molar-refractivity contribution in [2.75, 3.05) is 26.3 Å². The molecule has 0 aliphatic carbocycles. The number of nitrogens with zero attached hydrogens (tertiary/aromatic N) is 1. The van der Waals surface area contributed by atoms with Crippen molar-refractivity contribution in [1.29, 1.82) is 0 Å². The second-order valence-electron chi connectivity index (χ2n) is 5.94. The molecule has 0 bridgehead atoms. The van der Waals surface area contributed by atoms with Crippen LogP contribution in [0.15, 0.2) is 41.8 Å². The number of carbonyl (C=O) groups is 2. The van der Waals surface area contributed by atoms with Gasteiger partial charge in [-0.2, -0.15) is 0 Å². The molecular weight excluding hydrogens is 364 g/mol. The molecule has 0 saturated carbocycles. The molecule has 142 valence electrons. The predicted molar refractivity (Wildman–Crippen MR) is 105 cm³/mol. The summed E-state index contributed by atoms with van der Waals surface area (Å²) in [6.07, 6.45) is 3.19. The first-order chi connectivity index (χ1) is 13.2. The topological polar surface area (TPSA) is 67.9 Å². The molecule has 7 heteroatoms. The zero-order valence-corrected chi connectivity index (χ0v) is 16.0. The fourth-order valence-corrected chi connectivity index (χ4v) is 3.25. The molecule has 27 heavy (non-hydrogen) atoms. The van der Waals surface area contributed by atoms with E-state index in [2.05, 4.69) is 5.32 Å². The van der Waals surface area contributed by atoms with E-state index in [9.17, 15) is 9.59 Å². The zero-order chi connectivity index (χ0) is 19.1. The minimum atomic E-state index is -0.210. The second-order valence-corrected chi connectivity index (χ2v) is 6.98. The second kappa shape index (κ2) is 9.23. The molecule has 0 fully saturated rings. The van der Waals surface area contributed by atoms with Crippen molar-refractivity contribution in [2.45, 2.75) is 13.5 Å². The van der Waals surface area contributed by atoms with Gasteiger partial charge in [0.15, 0.2) is 11.5 Å². The number of ether oxygens (including phenoxy) is 2. The lowest BCUT2D eigenvalue weighted by Gasteiger charge is -2.19. The fourth-order valence-electron chi connectivity index (χ4n) is 2.61. The molecule has 1 aliphatic heterocycles. The van der Waals surface area contributed by atoms with Crippen molar-refractivity contribution in [2.24, 2.45) is 0 Å². The van der Waals surface area contributed by atoms with Gasteiger partial charge in [0.1, 0.15) is 13.2 Å². The van der Waals surface area contributed by atoms with Crippen molar-refractivity contribution in [1.82, 2.24) is 10.2 Å². The standard InChI is InChI=1S/C20H22N2O4S/c1-2-22(14-19(23)21-13-16-4-3-11-27-16)20(24)8-6-15-5-7-17-18(12-15)26-10-9-25-17/h3-8,11-12H,2,9-10,13-14H2,1H3,(H,21,23). The highest BCUT2D eigenvalue weighted by Crippen LogP contribution is 2.31. The predicted octanol–water partition coefficient (Wildman–Crippen LogP) is 2.70. The van der Waals surface area contributed by atoms with Gasteiger partial charge in [0.2, 0.25) is 11.8 Å². The first-order valence-electron chi connectivity index (χ1n) is 8.81. The average Bonchev–Trinajstić information content (AvgIpc) is 3.22. The van der Waals surface area contributed by atoms with E-state index in [4.69, 9.17) is 9.47 Å². The highest BCUT2D eigenvalue weighted by atomic mass is 32.1. The lowest BCUT2D eigenvalue weighted by molar-refractivity contribution is -0.132. The highest BCUT2D eigenvalue weighted by Gasteiger charge is 2.14. The lowest BCUT2D eigenvalue weighted by Crippen LogP contribution is -2.39. The number of rotatable bonds is 7. The summed E-state index contributed by atoms with van der Waals surface area (Å²) in [6, 6.07) is 9.43. The number of hydrogen-bond donors (Lipinski definition) is 1. The van der Waals surface area contributed by atoms with Crippen LogP contribution in [0.1, 0.15) is 17.4 Å². The van der Waals surface area contributed by atoms with Crippen molar-refractivity contribution in [3.8, 4) is 11.5 Å². The largest absolute Gasteiger partial charge is 0.486 e. The van der Waals surface area contributed by atoms with Gasteiger partial charge in [-0.3, -0.25) is 9.59 Å². The van der Waals surface area contributed by atoms with Gasteiger partial charge in [-0.25, -0.2) is 0 Å². The molecule has 0 unspecified atom stereocenters. The maximum absolute atomic E-state index is 12.4. The van der Waals surface area contributed by atoms with Crippen LogP contribution in [0.25, 0.3) is 6.08 Å². The van der Waals surface area contributed by atoms with Gasteiger partial charge in [0, 0.05) is 17.5 Å². The minimum Gasteiger partial charge on any atom is -0.486 e. The Kier molecular flexibility index (Phi) is 6.49. The molecule has 1 aromatic carbocycles. The van der Waals surface area contributed by atoms with E-state index in [0.29, 0.717) is 37.8 Å². The lowest BCUT2D eigenvalue weighted by atomic mass is 10.1. The van der Waals surface area contributed by atoms with E-state index in [1.54, 1.807) is 17.4 Å². The Morgan fingerprint density at radius 1 is 1.22 bits per heavy atom. The number of carbonyl (C=O) groups excluding carboxylic acids is 2. The third-order valence-corrected chi connectivity index (χ3v) is 4.93. The fraction of sp³-hybridized carbons (Fsp3) is 0.300. The molecule has 2 aromatic rings. The van der Waals surface area contributed by atoms with Gasteiger partial charge in [-0.15, -0.1) is 11.3 Å². The van der Waals surface area contributed by atoms with Crippen LogP contribution < -0.4 is 14.8 Å². The number of hydrogen-bond acceptors (Lipinski definition) is 5. The van der Waals surface area contributed by atoms with E-state index in [0.717, 1.165) is 10.4 Å². The Bertz CT molecular complexity index is 817. The number of benzene rings is 1. The Balaban J connectivity index is 1.54. The van der Waals surface area contributed by atoms with Gasteiger partial charge >= 0.3 is 0 Å². The van der Waals surface area contributed by atoms with Gasteiger partial charge in [0.25, 0.3) is 0 Å². The first kappa shape index (κ1) is 19.0. The van der Waals surface area contributed by atoms with E-state index in [1.807, 2.05) is 42.6 Å². The van der Waals surface area contributed by atoms with E-state index >= 15 is 0 Å². The summed E-state index contributed by atoms with van der Waals surface area (Å²) < 4.78 is 11.0. The maximum Gasteiger partial charge on any atom is 0.247 e. The number of nitrogens with one attached hydrogen (secondary N) is 1. The van der Waals surface area contributed by atoms with E-state index < -0.39 is 0 Å². The summed E-state index contributed by atoms with van der Waals surface area (Å²) in [4.78, 5) is 27.1. The Hall–Kier alpha value is -2.80. The quantitative estimate of drug-likeness (QED) is 0.743. The molecular formula is C20H22N2O4S. The van der Waals surface area contributed by atoms with E-state index in [-0.39, 0.29) is 18.4 Å². The summed E-state index contributed by atoms with van der Waals surface area (Å²) in [5.41, 5.74) is 0.839. The van der Waals surface area contributed by atoms with E-state index in [1.165, 1.54) is 11.0 Å². The van der Waals surface area contributed by atoms with Gasteiger partial charge < -0.3 is 19.7 Å². The Morgan fingerprint density at radius 2 is 2.04 bits per heavy atom. The number of likely N-dealkylation sites (N-methyl/N-ethyl adjacent to an activating group) is 1. The van der Waals surface area contributed by atoms with Crippen LogP contribution in [-0.2, 0) is 16.1 Å². The Labute approximate surface area is 162 Å². The number of fused-ring (bicyclic) bond motifs is 1. The average molecular weight is 386 g/mol. The molecule has 0 spiro atoms. The van der Waals surface area contributed by atoms with Crippen LogP contribution in [0.2, 0.25) is 0 Å². The normalized spacial score (nSPS) is 12.8. The molecule has 0 atom stereocenters. The summed E-state index contributed by atoms with van der Waals surface area (Å²) >= 11 is 1.59. The SMILES string of the molecule is CCN(CC(=O)NCc1cccs1)C(=O)C=Cc1ccc2c(c1)OCCO2. The molecule has 0 radical (unpaired) electrons. The maximum atomic E-state index is 12.4.